The van der Waals surface area contributed by atoms with Crippen LogP contribution in [0.3, 0.4) is 0 Å². The Kier molecular flexibility index (Phi) is 4.47. The second kappa shape index (κ2) is 5.56. The lowest BCUT2D eigenvalue weighted by molar-refractivity contribution is -0.150. The van der Waals surface area contributed by atoms with Crippen LogP contribution in [-0.4, -0.2) is 34.6 Å². The van der Waals surface area contributed by atoms with Crippen LogP contribution in [0, 0.1) is 5.41 Å². The third-order valence-electron chi connectivity index (χ3n) is 3.86. The summed E-state index contributed by atoms with van der Waals surface area (Å²) in [5.74, 6) is -0.958. The molecule has 0 saturated carbocycles. The molecule has 0 saturated heterocycles. The number of carboxylic acid groups (broad SMARTS) is 1. The van der Waals surface area contributed by atoms with E-state index in [0.29, 0.717) is 6.54 Å². The summed E-state index contributed by atoms with van der Waals surface area (Å²) in [6, 6.07) is 1.45. The second-order valence-electron chi connectivity index (χ2n) is 5.97. The Morgan fingerprint density at radius 1 is 1.35 bits per heavy atom. The van der Waals surface area contributed by atoms with Gasteiger partial charge in [0, 0.05) is 12.6 Å². The molecule has 2 amide bonds. The zero-order valence-electron chi connectivity index (χ0n) is 12.6. The first-order valence-electron chi connectivity index (χ1n) is 6.35. The van der Waals surface area contributed by atoms with Crippen LogP contribution in [0.5, 0.6) is 0 Å². The second-order valence-corrected chi connectivity index (χ2v) is 5.97. The molecule has 0 aliphatic rings. The van der Waals surface area contributed by atoms with E-state index >= 15 is 0 Å². The molecule has 20 heavy (non-hydrogen) atoms. The summed E-state index contributed by atoms with van der Waals surface area (Å²) >= 11 is 0. The van der Waals surface area contributed by atoms with Gasteiger partial charge in [-0.25, -0.2) is 4.79 Å². The van der Waals surface area contributed by atoms with E-state index in [9.17, 15) is 14.7 Å². The van der Waals surface area contributed by atoms with Crippen molar-refractivity contribution in [3.8, 4) is 0 Å². The molecular weight excluding hydrogens is 260 g/mol. The number of carbonyl (C=O) groups excluding carboxylic acids is 1. The number of rotatable bonds is 5. The van der Waals surface area contributed by atoms with Crippen molar-refractivity contribution in [3.63, 3.8) is 0 Å². The highest BCUT2D eigenvalue weighted by atomic mass is 16.4. The first-order chi connectivity index (χ1) is 9.08. The third kappa shape index (κ3) is 3.31. The molecule has 2 N–H and O–H groups in total. The Labute approximate surface area is 118 Å². The zero-order chi connectivity index (χ0) is 15.6. The number of hydrogen-bond donors (Lipinski definition) is 2. The van der Waals surface area contributed by atoms with Crippen LogP contribution in [0.25, 0.3) is 0 Å². The van der Waals surface area contributed by atoms with Gasteiger partial charge in [-0.15, -0.1) is 0 Å². The van der Waals surface area contributed by atoms with Crippen molar-refractivity contribution in [1.29, 1.82) is 0 Å². The summed E-state index contributed by atoms with van der Waals surface area (Å²) in [6.07, 6.45) is 3.11. The molecular formula is C14H22N2O4. The Morgan fingerprint density at radius 2 is 1.95 bits per heavy atom. The number of urea groups is 1. The SMILES string of the molecule is CN(Cc1ccoc1)C(=O)NC(C)(C)C(C)(C)C(=O)O. The number of aliphatic carboxylic acids is 1. The number of nitrogens with one attached hydrogen (secondary N) is 1. The molecule has 6 heteroatoms. The Balaban J connectivity index is 2.71. The lowest BCUT2D eigenvalue weighted by atomic mass is 9.74. The predicted molar refractivity (Wildman–Crippen MR) is 74.2 cm³/mol. The standard InChI is InChI=1S/C14H22N2O4/c1-13(2,11(17)18)14(3,4)15-12(19)16(5)8-10-6-7-20-9-10/h6-7,9H,8H2,1-5H3,(H,15,19)(H,17,18). The van der Waals surface area contributed by atoms with Crippen molar-refractivity contribution in [2.45, 2.75) is 39.8 Å². The maximum Gasteiger partial charge on any atom is 0.317 e. The first kappa shape index (κ1) is 16.1. The minimum Gasteiger partial charge on any atom is -0.481 e. The molecule has 1 heterocycles. The van der Waals surface area contributed by atoms with Crippen molar-refractivity contribution in [2.24, 2.45) is 5.41 Å². The van der Waals surface area contributed by atoms with E-state index in [1.807, 2.05) is 0 Å². The number of amides is 2. The van der Waals surface area contributed by atoms with Gasteiger partial charge >= 0.3 is 12.0 Å². The van der Waals surface area contributed by atoms with E-state index in [0.717, 1.165) is 5.56 Å². The van der Waals surface area contributed by atoms with Gasteiger partial charge in [0.15, 0.2) is 0 Å². The van der Waals surface area contributed by atoms with Crippen LogP contribution in [-0.2, 0) is 11.3 Å². The van der Waals surface area contributed by atoms with Crippen LogP contribution in [0.4, 0.5) is 4.79 Å². The average Bonchev–Trinajstić information content (AvgIpc) is 2.80. The molecule has 1 aromatic heterocycles. The van der Waals surface area contributed by atoms with E-state index in [2.05, 4.69) is 5.32 Å². The Bertz CT molecular complexity index is 477. The van der Waals surface area contributed by atoms with Crippen molar-refractivity contribution >= 4 is 12.0 Å². The third-order valence-corrected chi connectivity index (χ3v) is 3.86. The maximum absolute atomic E-state index is 12.1. The molecule has 6 nitrogen and oxygen atoms in total. The van der Waals surface area contributed by atoms with Gasteiger partial charge in [-0.2, -0.15) is 0 Å². The predicted octanol–water partition coefficient (Wildman–Crippen LogP) is 2.31. The van der Waals surface area contributed by atoms with Crippen molar-refractivity contribution in [3.05, 3.63) is 24.2 Å². The quantitative estimate of drug-likeness (QED) is 0.868. The molecule has 0 bridgehead atoms. The fourth-order valence-corrected chi connectivity index (χ4v) is 1.51. The lowest BCUT2D eigenvalue weighted by Gasteiger charge is -2.39. The van der Waals surface area contributed by atoms with Gasteiger partial charge in [-0.1, -0.05) is 0 Å². The van der Waals surface area contributed by atoms with E-state index in [-0.39, 0.29) is 6.03 Å². The van der Waals surface area contributed by atoms with Gasteiger partial charge in [0.2, 0.25) is 0 Å². The highest BCUT2D eigenvalue weighted by Crippen LogP contribution is 2.30. The maximum atomic E-state index is 12.1. The molecule has 0 atom stereocenters. The summed E-state index contributed by atoms with van der Waals surface area (Å²) in [5, 5.41) is 12.0. The first-order valence-corrected chi connectivity index (χ1v) is 6.35. The zero-order valence-corrected chi connectivity index (χ0v) is 12.6. The van der Waals surface area contributed by atoms with Crippen molar-refractivity contribution in [1.82, 2.24) is 10.2 Å². The molecule has 1 rings (SSSR count). The van der Waals surface area contributed by atoms with Gasteiger partial charge in [-0.3, -0.25) is 4.79 Å². The summed E-state index contributed by atoms with van der Waals surface area (Å²) in [4.78, 5) is 24.9. The highest BCUT2D eigenvalue weighted by Gasteiger charge is 2.44. The topological polar surface area (TPSA) is 82.8 Å². The minimum absolute atomic E-state index is 0.328. The number of hydrogen-bond acceptors (Lipinski definition) is 3. The van der Waals surface area contributed by atoms with Crippen molar-refractivity contribution < 1.29 is 19.1 Å². The van der Waals surface area contributed by atoms with Gasteiger partial charge in [0.1, 0.15) is 0 Å². The highest BCUT2D eigenvalue weighted by molar-refractivity contribution is 5.79. The molecule has 0 aromatic carbocycles. The summed E-state index contributed by atoms with van der Waals surface area (Å²) in [5.41, 5.74) is -1.10. The minimum atomic E-state index is -1.08. The Hall–Kier alpha value is -1.98. The summed E-state index contributed by atoms with van der Waals surface area (Å²) in [6.45, 7) is 6.97. The van der Waals surface area contributed by atoms with Crippen molar-refractivity contribution in [2.75, 3.05) is 7.05 Å². The van der Waals surface area contributed by atoms with Crippen LogP contribution in [0.2, 0.25) is 0 Å². The van der Waals surface area contributed by atoms with Gasteiger partial charge in [-0.05, 0) is 33.8 Å². The largest absolute Gasteiger partial charge is 0.481 e. The summed E-state index contributed by atoms with van der Waals surface area (Å²) in [7, 11) is 1.65. The fraction of sp³-hybridized carbons (Fsp3) is 0.571. The van der Waals surface area contributed by atoms with Crippen LogP contribution in [0.1, 0.15) is 33.3 Å². The number of nitrogens with zero attached hydrogens (tertiary/aromatic N) is 1. The number of carboxylic acids is 1. The Morgan fingerprint density at radius 3 is 2.40 bits per heavy atom. The van der Waals surface area contributed by atoms with E-state index < -0.39 is 16.9 Å². The normalized spacial score (nSPS) is 12.1. The lowest BCUT2D eigenvalue weighted by Crippen LogP contribution is -2.59. The van der Waals surface area contributed by atoms with Gasteiger partial charge in [0.05, 0.1) is 30.0 Å². The molecule has 112 valence electrons. The van der Waals surface area contributed by atoms with Gasteiger partial charge in [0.25, 0.3) is 0 Å². The molecule has 0 aliphatic heterocycles. The number of furan rings is 1. The van der Waals surface area contributed by atoms with Crippen LogP contribution >= 0.6 is 0 Å². The molecule has 0 radical (unpaired) electrons. The average molecular weight is 282 g/mol. The van der Waals surface area contributed by atoms with E-state index in [1.54, 1.807) is 53.3 Å². The van der Waals surface area contributed by atoms with Gasteiger partial charge < -0.3 is 19.7 Å². The molecule has 0 fully saturated rings. The smallest absolute Gasteiger partial charge is 0.317 e. The van der Waals surface area contributed by atoms with E-state index in [1.165, 1.54) is 4.90 Å². The summed E-state index contributed by atoms with van der Waals surface area (Å²) < 4.78 is 4.95. The fourth-order valence-electron chi connectivity index (χ4n) is 1.51. The molecule has 0 aliphatic carbocycles. The molecule has 0 unspecified atom stereocenters. The van der Waals surface area contributed by atoms with E-state index in [4.69, 9.17) is 4.42 Å². The van der Waals surface area contributed by atoms with Crippen LogP contribution < -0.4 is 5.32 Å². The molecule has 1 aromatic rings. The monoisotopic (exact) mass is 282 g/mol. The number of carbonyl (C=O) groups is 2. The molecule has 0 spiro atoms. The van der Waals surface area contributed by atoms with Crippen LogP contribution in [0.15, 0.2) is 23.0 Å².